The highest BCUT2D eigenvalue weighted by atomic mass is 32.1. The molecule has 1 aliphatic carbocycles. The Morgan fingerprint density at radius 1 is 1.18 bits per heavy atom. The second kappa shape index (κ2) is 12.7. The molecule has 1 fully saturated rings. The van der Waals surface area contributed by atoms with Gasteiger partial charge in [-0.25, -0.2) is 4.79 Å². The molecule has 1 saturated heterocycles. The van der Waals surface area contributed by atoms with Crippen molar-refractivity contribution in [2.75, 3.05) is 45.2 Å². The van der Waals surface area contributed by atoms with Crippen molar-refractivity contribution in [3.63, 3.8) is 0 Å². The zero-order valence-electron chi connectivity index (χ0n) is 20.9. The number of hydrogen-bond acceptors (Lipinski definition) is 7. The number of amides is 2. The van der Waals surface area contributed by atoms with E-state index in [1.807, 2.05) is 13.8 Å². The topological polar surface area (TPSA) is 97.0 Å². The summed E-state index contributed by atoms with van der Waals surface area (Å²) in [4.78, 5) is 40.9. The van der Waals surface area contributed by atoms with Crippen LogP contribution in [0.1, 0.15) is 67.3 Å². The van der Waals surface area contributed by atoms with Crippen LogP contribution in [-0.2, 0) is 31.9 Å². The summed E-state index contributed by atoms with van der Waals surface area (Å²) in [6.07, 6.45) is 5.30. The van der Waals surface area contributed by atoms with Gasteiger partial charge in [0.1, 0.15) is 5.00 Å². The molecular weight excluding hydrogens is 454 g/mol. The van der Waals surface area contributed by atoms with E-state index in [9.17, 15) is 14.4 Å². The van der Waals surface area contributed by atoms with Gasteiger partial charge in [-0.15, -0.1) is 11.3 Å². The first-order valence-corrected chi connectivity index (χ1v) is 13.2. The number of fused-ring (bicyclic) bond motifs is 1. The number of methoxy groups -OCH3 is 1. The molecule has 3 rings (SSSR count). The van der Waals surface area contributed by atoms with Crippen LogP contribution >= 0.6 is 11.3 Å². The van der Waals surface area contributed by atoms with Crippen LogP contribution in [0.2, 0.25) is 0 Å². The number of nitrogens with one attached hydrogen (secondary N) is 2. The first-order valence-electron chi connectivity index (χ1n) is 12.4. The third-order valence-electron chi connectivity index (χ3n) is 6.55. The van der Waals surface area contributed by atoms with E-state index in [1.54, 1.807) is 0 Å². The van der Waals surface area contributed by atoms with Gasteiger partial charge >= 0.3 is 5.97 Å². The Balaban J connectivity index is 1.46. The fourth-order valence-corrected chi connectivity index (χ4v) is 6.04. The second-order valence-electron chi connectivity index (χ2n) is 9.71. The van der Waals surface area contributed by atoms with E-state index in [0.717, 1.165) is 44.1 Å². The van der Waals surface area contributed by atoms with Gasteiger partial charge in [0.2, 0.25) is 11.8 Å². The van der Waals surface area contributed by atoms with Crippen molar-refractivity contribution in [2.24, 2.45) is 11.8 Å². The highest BCUT2D eigenvalue weighted by Crippen LogP contribution is 2.40. The number of esters is 1. The van der Waals surface area contributed by atoms with Gasteiger partial charge in [-0.05, 0) is 76.9 Å². The largest absolute Gasteiger partial charge is 0.465 e. The van der Waals surface area contributed by atoms with Crippen molar-refractivity contribution >= 4 is 34.1 Å². The predicted octanol–water partition coefficient (Wildman–Crippen LogP) is 3.24. The first kappa shape index (κ1) is 26.6. The van der Waals surface area contributed by atoms with Crippen LogP contribution < -0.4 is 10.6 Å². The Morgan fingerprint density at radius 2 is 1.91 bits per heavy atom. The number of anilines is 1. The quantitative estimate of drug-likeness (QED) is 0.384. The number of rotatable bonds is 10. The molecule has 0 saturated carbocycles. The fraction of sp³-hybridized carbons (Fsp3) is 0.720. The highest BCUT2D eigenvalue weighted by molar-refractivity contribution is 7.17. The summed E-state index contributed by atoms with van der Waals surface area (Å²) in [7, 11) is 1.38. The number of hydrogen-bond donors (Lipinski definition) is 2. The molecule has 0 spiro atoms. The maximum absolute atomic E-state index is 12.8. The monoisotopic (exact) mass is 493 g/mol. The summed E-state index contributed by atoms with van der Waals surface area (Å²) < 4.78 is 10.5. The lowest BCUT2D eigenvalue weighted by atomic mass is 9.88. The molecule has 1 aromatic heterocycles. The van der Waals surface area contributed by atoms with Crippen LogP contribution in [0, 0.1) is 11.8 Å². The summed E-state index contributed by atoms with van der Waals surface area (Å²) in [5.74, 6) is 0.138. The first-order chi connectivity index (χ1) is 16.3. The minimum atomic E-state index is -0.384. The average molecular weight is 494 g/mol. The van der Waals surface area contributed by atoms with Crippen molar-refractivity contribution in [3.8, 4) is 0 Å². The van der Waals surface area contributed by atoms with Gasteiger partial charge in [0.25, 0.3) is 0 Å². The molecule has 9 heteroatoms. The van der Waals surface area contributed by atoms with E-state index in [1.165, 1.54) is 23.3 Å². The predicted molar refractivity (Wildman–Crippen MR) is 133 cm³/mol. The third kappa shape index (κ3) is 7.26. The van der Waals surface area contributed by atoms with Gasteiger partial charge in [-0.3, -0.25) is 14.5 Å². The van der Waals surface area contributed by atoms with Crippen molar-refractivity contribution in [2.45, 2.75) is 65.4 Å². The fourth-order valence-electron chi connectivity index (χ4n) is 4.63. The molecule has 1 unspecified atom stereocenters. The van der Waals surface area contributed by atoms with Gasteiger partial charge in [-0.2, -0.15) is 0 Å². The Hall–Kier alpha value is -1.97. The maximum atomic E-state index is 12.8. The molecule has 0 aromatic carbocycles. The number of nitrogens with zero attached hydrogens (tertiary/aromatic N) is 1. The van der Waals surface area contributed by atoms with Gasteiger partial charge in [0, 0.05) is 23.9 Å². The summed E-state index contributed by atoms with van der Waals surface area (Å²) in [6.45, 7) is 9.13. The second-order valence-corrected chi connectivity index (χ2v) is 10.8. The summed E-state index contributed by atoms with van der Waals surface area (Å²) in [5, 5.41) is 6.58. The van der Waals surface area contributed by atoms with Crippen LogP contribution in [0.15, 0.2) is 0 Å². The van der Waals surface area contributed by atoms with E-state index >= 15 is 0 Å². The van der Waals surface area contributed by atoms with Gasteiger partial charge in [-0.1, -0.05) is 6.92 Å². The van der Waals surface area contributed by atoms with E-state index in [-0.39, 0.29) is 36.4 Å². The van der Waals surface area contributed by atoms with E-state index in [4.69, 9.17) is 9.47 Å². The van der Waals surface area contributed by atoms with Gasteiger partial charge in [0.15, 0.2) is 0 Å². The lowest BCUT2D eigenvalue weighted by Crippen LogP contribution is -2.43. The molecule has 0 bridgehead atoms. The molecule has 1 aromatic rings. The Morgan fingerprint density at radius 3 is 2.59 bits per heavy atom. The lowest BCUT2D eigenvalue weighted by molar-refractivity contribution is -0.126. The summed E-state index contributed by atoms with van der Waals surface area (Å²) in [5.41, 5.74) is 1.56. The van der Waals surface area contributed by atoms with Crippen LogP contribution in [-0.4, -0.2) is 68.7 Å². The number of ether oxygens (including phenoxy) is 2. The molecule has 0 radical (unpaired) electrons. The molecule has 1 atom stereocenters. The third-order valence-corrected chi connectivity index (χ3v) is 7.72. The van der Waals surface area contributed by atoms with E-state index in [0.29, 0.717) is 42.7 Å². The number of piperidine rings is 1. The number of carbonyl (C=O) groups is 3. The molecule has 8 nitrogen and oxygen atoms in total. The molecule has 2 heterocycles. The molecular formula is C25H39N3O5S. The number of thiophene rings is 1. The van der Waals surface area contributed by atoms with Crippen molar-refractivity contribution in [1.29, 1.82) is 0 Å². The highest BCUT2D eigenvalue weighted by Gasteiger charge is 2.30. The van der Waals surface area contributed by atoms with E-state index in [2.05, 4.69) is 22.5 Å². The summed E-state index contributed by atoms with van der Waals surface area (Å²) >= 11 is 1.50. The SMILES string of the molecule is COC(=O)c1c(NC(=O)CN2CCC(C(=O)NCCCOC(C)C)CC2)sc2c1CCC(C)C2. The minimum Gasteiger partial charge on any atom is -0.465 e. The van der Waals surface area contributed by atoms with Crippen molar-refractivity contribution < 1.29 is 23.9 Å². The average Bonchev–Trinajstić information content (AvgIpc) is 3.14. The van der Waals surface area contributed by atoms with Crippen LogP contribution in [0.3, 0.4) is 0 Å². The normalized spacial score (nSPS) is 19.0. The molecule has 2 N–H and O–H groups in total. The smallest absolute Gasteiger partial charge is 0.341 e. The van der Waals surface area contributed by atoms with Crippen LogP contribution in [0.4, 0.5) is 5.00 Å². The minimum absolute atomic E-state index is 0.0118. The molecule has 1 aliphatic heterocycles. The van der Waals surface area contributed by atoms with Crippen molar-refractivity contribution in [1.82, 2.24) is 10.2 Å². The van der Waals surface area contributed by atoms with Crippen molar-refractivity contribution in [3.05, 3.63) is 16.0 Å². The zero-order valence-corrected chi connectivity index (χ0v) is 21.7. The Labute approximate surface area is 206 Å². The van der Waals surface area contributed by atoms with Gasteiger partial charge in [0.05, 0.1) is 25.3 Å². The Kier molecular flexibility index (Phi) is 9.91. The van der Waals surface area contributed by atoms with E-state index < -0.39 is 0 Å². The summed E-state index contributed by atoms with van der Waals surface area (Å²) in [6, 6.07) is 0. The standard InChI is InChI=1S/C25H39N3O5S/c1-16(2)33-13-5-10-26-23(30)18-8-11-28(12-9-18)15-21(29)27-24-22(25(31)32-4)19-7-6-17(3)14-20(19)34-24/h16-18H,5-15H2,1-4H3,(H,26,30)(H,27,29). The zero-order chi connectivity index (χ0) is 24.7. The number of likely N-dealkylation sites (tertiary alicyclic amines) is 1. The maximum Gasteiger partial charge on any atom is 0.341 e. The van der Waals surface area contributed by atoms with Crippen LogP contribution in [0.25, 0.3) is 0 Å². The van der Waals surface area contributed by atoms with Crippen LogP contribution in [0.5, 0.6) is 0 Å². The molecule has 2 amide bonds. The number of carbonyl (C=O) groups excluding carboxylic acids is 3. The molecule has 2 aliphatic rings. The Bertz CT molecular complexity index is 861. The molecule has 34 heavy (non-hydrogen) atoms. The van der Waals surface area contributed by atoms with Gasteiger partial charge < -0.3 is 20.1 Å². The molecule has 190 valence electrons. The lowest BCUT2D eigenvalue weighted by Gasteiger charge is -2.30.